The second-order valence-electron chi connectivity index (χ2n) is 5.42. The number of nitrogens with one attached hydrogen (secondary N) is 2. The van der Waals surface area contributed by atoms with Crippen LogP contribution in [-0.4, -0.2) is 18.2 Å². The highest BCUT2D eigenvalue weighted by atomic mass is 127. The highest BCUT2D eigenvalue weighted by molar-refractivity contribution is 14.0. The maximum absolute atomic E-state index is 13.6. The molecule has 26 heavy (non-hydrogen) atoms. The summed E-state index contributed by atoms with van der Waals surface area (Å²) in [6.07, 6.45) is 0. The fourth-order valence-corrected chi connectivity index (χ4v) is 2.35. The lowest BCUT2D eigenvalue weighted by atomic mass is 10.2. The van der Waals surface area contributed by atoms with E-state index in [4.69, 9.17) is 4.52 Å². The van der Waals surface area contributed by atoms with Crippen molar-refractivity contribution in [2.24, 2.45) is 4.99 Å². The molecule has 0 aliphatic rings. The van der Waals surface area contributed by atoms with E-state index in [0.29, 0.717) is 30.4 Å². The van der Waals surface area contributed by atoms with Gasteiger partial charge >= 0.3 is 0 Å². The van der Waals surface area contributed by atoms with Gasteiger partial charge in [-0.2, -0.15) is 0 Å². The first-order valence-electron chi connectivity index (χ1n) is 7.95. The third-order valence-electron chi connectivity index (χ3n) is 3.68. The van der Waals surface area contributed by atoms with Gasteiger partial charge in [0.1, 0.15) is 11.5 Å². The highest BCUT2D eigenvalue weighted by Gasteiger charge is 2.07. The van der Waals surface area contributed by atoms with E-state index < -0.39 is 0 Å². The molecule has 0 aliphatic heterocycles. The number of hydrogen-bond donors (Lipinski definition) is 2. The molecule has 0 amide bonds. The standard InChI is InChI=1S/C19H19FN4O.HI/c1-21-19(22-12-15-9-5-6-10-17(15)20)23-13-16-11-18(25-24-16)14-7-3-2-4-8-14;/h2-11H,12-13H2,1H3,(H2,21,22,23);1H. The Hall–Kier alpha value is -2.42. The zero-order chi connectivity index (χ0) is 17.5. The molecule has 2 N–H and O–H groups in total. The first kappa shape index (κ1) is 19.9. The number of rotatable bonds is 5. The minimum atomic E-state index is -0.241. The molecule has 0 spiro atoms. The molecular weight excluding hydrogens is 446 g/mol. The molecule has 7 heteroatoms. The van der Waals surface area contributed by atoms with E-state index >= 15 is 0 Å². The summed E-state index contributed by atoms with van der Waals surface area (Å²) in [6, 6.07) is 18.3. The van der Waals surface area contributed by atoms with E-state index in [1.807, 2.05) is 36.4 Å². The van der Waals surface area contributed by atoms with Gasteiger partial charge in [-0.05, 0) is 6.07 Å². The molecule has 0 atom stereocenters. The summed E-state index contributed by atoms with van der Waals surface area (Å²) >= 11 is 0. The van der Waals surface area contributed by atoms with Crippen LogP contribution >= 0.6 is 24.0 Å². The Balaban J connectivity index is 0.00000243. The average Bonchev–Trinajstić information content (AvgIpc) is 3.13. The van der Waals surface area contributed by atoms with Crippen molar-refractivity contribution >= 4 is 29.9 Å². The molecule has 3 rings (SSSR count). The second kappa shape index (κ2) is 9.91. The van der Waals surface area contributed by atoms with E-state index in [9.17, 15) is 4.39 Å². The Morgan fingerprint density at radius 3 is 2.46 bits per heavy atom. The number of hydrogen-bond acceptors (Lipinski definition) is 3. The van der Waals surface area contributed by atoms with Crippen molar-refractivity contribution in [3.05, 3.63) is 77.7 Å². The summed E-state index contributed by atoms with van der Waals surface area (Å²) in [5.41, 5.74) is 2.31. The molecule has 1 aromatic heterocycles. The van der Waals surface area contributed by atoms with Crippen LogP contribution in [0.15, 0.2) is 70.2 Å². The fraction of sp³-hybridized carbons (Fsp3) is 0.158. The zero-order valence-electron chi connectivity index (χ0n) is 14.3. The summed E-state index contributed by atoms with van der Waals surface area (Å²) in [5, 5.41) is 10.3. The van der Waals surface area contributed by atoms with Crippen LogP contribution in [-0.2, 0) is 13.1 Å². The van der Waals surface area contributed by atoms with Crippen LogP contribution in [0.3, 0.4) is 0 Å². The van der Waals surface area contributed by atoms with Gasteiger partial charge in [0.25, 0.3) is 0 Å². The average molecular weight is 466 g/mol. The minimum Gasteiger partial charge on any atom is -0.356 e. The van der Waals surface area contributed by atoms with E-state index in [2.05, 4.69) is 20.8 Å². The van der Waals surface area contributed by atoms with Crippen molar-refractivity contribution in [1.29, 1.82) is 0 Å². The quantitative estimate of drug-likeness (QED) is 0.340. The van der Waals surface area contributed by atoms with Crippen LogP contribution in [0.2, 0.25) is 0 Å². The fourth-order valence-electron chi connectivity index (χ4n) is 2.35. The number of aromatic nitrogens is 1. The Bertz CT molecular complexity index is 852. The molecule has 0 bridgehead atoms. The van der Waals surface area contributed by atoms with Crippen molar-refractivity contribution in [2.75, 3.05) is 7.05 Å². The Morgan fingerprint density at radius 1 is 1.04 bits per heavy atom. The molecule has 136 valence electrons. The normalized spacial score (nSPS) is 10.9. The van der Waals surface area contributed by atoms with Crippen LogP contribution in [0.1, 0.15) is 11.3 Å². The molecule has 2 aromatic carbocycles. The van der Waals surface area contributed by atoms with Gasteiger partial charge < -0.3 is 15.2 Å². The summed E-state index contributed by atoms with van der Waals surface area (Å²) in [4.78, 5) is 4.13. The van der Waals surface area contributed by atoms with Crippen LogP contribution < -0.4 is 10.6 Å². The van der Waals surface area contributed by atoms with E-state index in [1.54, 1.807) is 25.2 Å². The number of nitrogens with zero attached hydrogens (tertiary/aromatic N) is 2. The van der Waals surface area contributed by atoms with Gasteiger partial charge in [0.15, 0.2) is 11.7 Å². The van der Waals surface area contributed by atoms with E-state index in [0.717, 1.165) is 11.3 Å². The Morgan fingerprint density at radius 2 is 1.73 bits per heavy atom. The number of halogens is 2. The first-order chi connectivity index (χ1) is 12.3. The van der Waals surface area contributed by atoms with E-state index in [1.165, 1.54) is 6.07 Å². The van der Waals surface area contributed by atoms with Crippen molar-refractivity contribution in [1.82, 2.24) is 15.8 Å². The van der Waals surface area contributed by atoms with Gasteiger partial charge in [-0.1, -0.05) is 53.7 Å². The van der Waals surface area contributed by atoms with Crippen LogP contribution in [0.4, 0.5) is 4.39 Å². The van der Waals surface area contributed by atoms with Gasteiger partial charge in [0, 0.05) is 30.8 Å². The second-order valence-corrected chi connectivity index (χ2v) is 5.42. The summed E-state index contributed by atoms with van der Waals surface area (Å²) in [7, 11) is 1.66. The highest BCUT2D eigenvalue weighted by Crippen LogP contribution is 2.19. The van der Waals surface area contributed by atoms with Crippen molar-refractivity contribution in [3.63, 3.8) is 0 Å². The third-order valence-corrected chi connectivity index (χ3v) is 3.68. The smallest absolute Gasteiger partial charge is 0.191 e. The monoisotopic (exact) mass is 466 g/mol. The molecule has 5 nitrogen and oxygen atoms in total. The van der Waals surface area contributed by atoms with Crippen molar-refractivity contribution < 1.29 is 8.91 Å². The molecule has 1 heterocycles. The Kier molecular flexibility index (Phi) is 7.58. The number of guanidine groups is 1. The van der Waals surface area contributed by atoms with Gasteiger partial charge in [-0.25, -0.2) is 4.39 Å². The summed E-state index contributed by atoms with van der Waals surface area (Å²) in [5.74, 6) is 1.04. The lowest BCUT2D eigenvalue weighted by molar-refractivity contribution is 0.422. The van der Waals surface area contributed by atoms with Gasteiger partial charge in [-0.3, -0.25) is 4.99 Å². The number of benzene rings is 2. The lowest BCUT2D eigenvalue weighted by Crippen LogP contribution is -2.36. The summed E-state index contributed by atoms with van der Waals surface area (Å²) < 4.78 is 19.0. The van der Waals surface area contributed by atoms with Crippen LogP contribution in [0, 0.1) is 5.82 Å². The minimum absolute atomic E-state index is 0. The van der Waals surface area contributed by atoms with Gasteiger partial charge in [0.05, 0.1) is 6.54 Å². The third kappa shape index (κ3) is 5.29. The van der Waals surface area contributed by atoms with Gasteiger partial charge in [-0.15, -0.1) is 24.0 Å². The molecular formula is C19H20FIN4O. The lowest BCUT2D eigenvalue weighted by Gasteiger charge is -2.11. The van der Waals surface area contributed by atoms with Crippen LogP contribution in [0.5, 0.6) is 0 Å². The van der Waals surface area contributed by atoms with E-state index in [-0.39, 0.29) is 29.8 Å². The zero-order valence-corrected chi connectivity index (χ0v) is 16.6. The van der Waals surface area contributed by atoms with Crippen molar-refractivity contribution in [3.8, 4) is 11.3 Å². The molecule has 0 saturated carbocycles. The first-order valence-corrected chi connectivity index (χ1v) is 7.95. The molecule has 0 saturated heterocycles. The maximum atomic E-state index is 13.6. The largest absolute Gasteiger partial charge is 0.356 e. The van der Waals surface area contributed by atoms with Crippen molar-refractivity contribution in [2.45, 2.75) is 13.1 Å². The molecule has 0 radical (unpaired) electrons. The SMILES string of the molecule is CN=C(NCc1cc(-c2ccccc2)on1)NCc1ccccc1F.I. The molecule has 3 aromatic rings. The predicted molar refractivity (Wildman–Crippen MR) is 111 cm³/mol. The van der Waals surface area contributed by atoms with Crippen LogP contribution in [0.25, 0.3) is 11.3 Å². The topological polar surface area (TPSA) is 62.5 Å². The molecule has 0 unspecified atom stereocenters. The summed E-state index contributed by atoms with van der Waals surface area (Å²) in [6.45, 7) is 0.799. The molecule has 0 aliphatic carbocycles. The molecule has 0 fully saturated rings. The Labute approximate surface area is 168 Å². The number of aliphatic imine (C=N–C) groups is 1. The maximum Gasteiger partial charge on any atom is 0.191 e. The predicted octanol–water partition coefficient (Wildman–Crippen LogP) is 3.96. The van der Waals surface area contributed by atoms with Gasteiger partial charge in [0.2, 0.25) is 0 Å².